The fraction of sp³-hybridized carbons (Fsp3) is 0.429. The van der Waals surface area contributed by atoms with Crippen molar-refractivity contribution >= 4 is 0 Å². The molecule has 0 amide bonds. The molecule has 0 aliphatic carbocycles. The summed E-state index contributed by atoms with van der Waals surface area (Å²) in [5.74, 6) is 1.68. The second-order valence-corrected chi connectivity index (χ2v) is 7.02. The van der Waals surface area contributed by atoms with Crippen molar-refractivity contribution in [2.75, 3.05) is 20.3 Å². The number of methoxy groups -OCH3 is 1. The predicted molar refractivity (Wildman–Crippen MR) is 101 cm³/mol. The molecule has 4 nitrogen and oxygen atoms in total. The number of para-hydroxylation sites is 1. The summed E-state index contributed by atoms with van der Waals surface area (Å²) < 4.78 is 10.9. The molecule has 0 bridgehead atoms. The zero-order valence-electron chi connectivity index (χ0n) is 15.6. The Morgan fingerprint density at radius 1 is 1.12 bits per heavy atom. The number of benzene rings is 2. The summed E-state index contributed by atoms with van der Waals surface area (Å²) in [7, 11) is 1.69. The van der Waals surface area contributed by atoms with Crippen LogP contribution in [0.1, 0.15) is 25.0 Å². The molecular weight excluding hydrogens is 314 g/mol. The number of nitrogens with one attached hydrogen (secondary N) is 1. The lowest BCUT2D eigenvalue weighted by molar-refractivity contribution is 0.0988. The molecule has 1 atom stereocenters. The van der Waals surface area contributed by atoms with Crippen LogP contribution in [-0.4, -0.2) is 37.0 Å². The van der Waals surface area contributed by atoms with Gasteiger partial charge < -0.3 is 19.9 Å². The second-order valence-electron chi connectivity index (χ2n) is 7.02. The molecule has 25 heavy (non-hydrogen) atoms. The van der Waals surface area contributed by atoms with E-state index >= 15 is 0 Å². The van der Waals surface area contributed by atoms with E-state index in [1.165, 1.54) is 5.56 Å². The lowest BCUT2D eigenvalue weighted by Gasteiger charge is -2.28. The molecule has 0 saturated carbocycles. The van der Waals surface area contributed by atoms with Gasteiger partial charge in [0.05, 0.1) is 7.11 Å². The molecule has 2 aromatic rings. The van der Waals surface area contributed by atoms with Crippen LogP contribution in [0.5, 0.6) is 11.5 Å². The van der Waals surface area contributed by atoms with Crippen LogP contribution in [0.4, 0.5) is 0 Å². The maximum atomic E-state index is 10.1. The standard InChI is InChI=1S/C21H29NO3/c1-16-12-17(10-11-20(16)24-4)13-21(2,3)22-14-18(23)15-25-19-8-6-5-7-9-19/h5-12,18,22-23H,13-15H2,1-4H3. The maximum absolute atomic E-state index is 10.1. The first-order valence-corrected chi connectivity index (χ1v) is 8.64. The van der Waals surface area contributed by atoms with Crippen molar-refractivity contribution < 1.29 is 14.6 Å². The smallest absolute Gasteiger partial charge is 0.121 e. The molecule has 2 aromatic carbocycles. The minimum absolute atomic E-state index is 0.130. The average molecular weight is 343 g/mol. The van der Waals surface area contributed by atoms with Crippen molar-refractivity contribution in [1.29, 1.82) is 0 Å². The van der Waals surface area contributed by atoms with Gasteiger partial charge in [0.1, 0.15) is 24.2 Å². The summed E-state index contributed by atoms with van der Waals surface area (Å²) >= 11 is 0. The molecule has 2 rings (SSSR count). The van der Waals surface area contributed by atoms with E-state index in [1.807, 2.05) is 43.3 Å². The number of hydrogen-bond donors (Lipinski definition) is 2. The Balaban J connectivity index is 1.81. The van der Waals surface area contributed by atoms with E-state index in [1.54, 1.807) is 7.11 Å². The number of hydrogen-bond acceptors (Lipinski definition) is 4. The van der Waals surface area contributed by atoms with Crippen LogP contribution < -0.4 is 14.8 Å². The van der Waals surface area contributed by atoms with Gasteiger partial charge in [0.25, 0.3) is 0 Å². The number of aliphatic hydroxyl groups is 1. The highest BCUT2D eigenvalue weighted by molar-refractivity contribution is 5.36. The molecule has 0 aliphatic heterocycles. The lowest BCUT2D eigenvalue weighted by Crippen LogP contribution is -2.46. The van der Waals surface area contributed by atoms with E-state index in [-0.39, 0.29) is 12.1 Å². The van der Waals surface area contributed by atoms with Crippen LogP contribution in [0.15, 0.2) is 48.5 Å². The number of rotatable bonds is 9. The van der Waals surface area contributed by atoms with Crippen LogP contribution >= 0.6 is 0 Å². The van der Waals surface area contributed by atoms with Crippen LogP contribution in [-0.2, 0) is 6.42 Å². The molecule has 2 N–H and O–H groups in total. The van der Waals surface area contributed by atoms with E-state index in [2.05, 4.69) is 31.3 Å². The molecule has 0 radical (unpaired) electrons. The first-order valence-electron chi connectivity index (χ1n) is 8.64. The highest BCUT2D eigenvalue weighted by Gasteiger charge is 2.20. The van der Waals surface area contributed by atoms with E-state index in [9.17, 15) is 5.11 Å². The van der Waals surface area contributed by atoms with E-state index in [4.69, 9.17) is 9.47 Å². The molecule has 0 saturated heterocycles. The van der Waals surface area contributed by atoms with Crippen molar-refractivity contribution in [3.63, 3.8) is 0 Å². The van der Waals surface area contributed by atoms with Crippen molar-refractivity contribution in [1.82, 2.24) is 5.32 Å². The minimum atomic E-state index is -0.558. The van der Waals surface area contributed by atoms with Crippen molar-refractivity contribution in [3.8, 4) is 11.5 Å². The largest absolute Gasteiger partial charge is 0.496 e. The highest BCUT2D eigenvalue weighted by atomic mass is 16.5. The van der Waals surface area contributed by atoms with Gasteiger partial charge in [-0.2, -0.15) is 0 Å². The predicted octanol–water partition coefficient (Wildman–Crippen LogP) is 3.35. The number of ether oxygens (including phenoxy) is 2. The molecule has 0 aromatic heterocycles. The number of β-amino-alcohol motifs (C(OH)–C–C–N with tert-alkyl or cyclic N) is 1. The van der Waals surface area contributed by atoms with Gasteiger partial charge in [0, 0.05) is 12.1 Å². The topological polar surface area (TPSA) is 50.7 Å². The number of aryl methyl sites for hydroxylation is 1. The zero-order chi connectivity index (χ0) is 18.3. The molecule has 4 heteroatoms. The minimum Gasteiger partial charge on any atom is -0.496 e. The van der Waals surface area contributed by atoms with Crippen molar-refractivity contribution in [2.45, 2.75) is 38.8 Å². The van der Waals surface area contributed by atoms with E-state index < -0.39 is 6.10 Å². The Hall–Kier alpha value is -2.04. The molecule has 136 valence electrons. The Labute approximate surface area is 150 Å². The van der Waals surface area contributed by atoms with Crippen molar-refractivity contribution in [2.24, 2.45) is 0 Å². The lowest BCUT2D eigenvalue weighted by atomic mass is 9.93. The molecule has 0 fully saturated rings. The number of aliphatic hydroxyl groups excluding tert-OH is 1. The molecule has 0 spiro atoms. The van der Waals surface area contributed by atoms with Gasteiger partial charge in [-0.15, -0.1) is 0 Å². The molecule has 0 aliphatic rings. The van der Waals surface area contributed by atoms with Gasteiger partial charge in [-0.25, -0.2) is 0 Å². The Morgan fingerprint density at radius 2 is 1.84 bits per heavy atom. The van der Waals surface area contributed by atoms with Gasteiger partial charge in [0.15, 0.2) is 0 Å². The second kappa shape index (κ2) is 8.88. The van der Waals surface area contributed by atoms with Gasteiger partial charge >= 0.3 is 0 Å². The summed E-state index contributed by atoms with van der Waals surface area (Å²) in [6, 6.07) is 15.8. The van der Waals surface area contributed by atoms with Gasteiger partial charge in [-0.05, 0) is 56.5 Å². The summed E-state index contributed by atoms with van der Waals surface area (Å²) in [6.07, 6.45) is 0.307. The third-order valence-corrected chi connectivity index (χ3v) is 4.11. The quantitative estimate of drug-likeness (QED) is 0.733. The van der Waals surface area contributed by atoms with Gasteiger partial charge in [-0.3, -0.25) is 0 Å². The van der Waals surface area contributed by atoms with Crippen LogP contribution in [0.25, 0.3) is 0 Å². The van der Waals surface area contributed by atoms with Gasteiger partial charge in [-0.1, -0.05) is 30.3 Å². The normalized spacial score (nSPS) is 12.7. The fourth-order valence-corrected chi connectivity index (χ4v) is 2.79. The van der Waals surface area contributed by atoms with Crippen LogP contribution in [0.2, 0.25) is 0 Å². The highest BCUT2D eigenvalue weighted by Crippen LogP contribution is 2.21. The van der Waals surface area contributed by atoms with Gasteiger partial charge in [0.2, 0.25) is 0 Å². The Kier molecular flexibility index (Phi) is 6.85. The van der Waals surface area contributed by atoms with Crippen LogP contribution in [0, 0.1) is 6.92 Å². The third-order valence-electron chi connectivity index (χ3n) is 4.11. The first kappa shape index (κ1) is 19.3. The van der Waals surface area contributed by atoms with Crippen LogP contribution in [0.3, 0.4) is 0 Å². The summed E-state index contributed by atoms with van der Waals surface area (Å²) in [6.45, 7) is 7.08. The Bertz CT molecular complexity index is 655. The molecule has 1 unspecified atom stereocenters. The average Bonchev–Trinajstić information content (AvgIpc) is 2.59. The fourth-order valence-electron chi connectivity index (χ4n) is 2.79. The summed E-state index contributed by atoms with van der Waals surface area (Å²) in [4.78, 5) is 0. The molecular formula is C21H29NO3. The van der Waals surface area contributed by atoms with E-state index in [0.29, 0.717) is 6.54 Å². The zero-order valence-corrected chi connectivity index (χ0v) is 15.6. The van der Waals surface area contributed by atoms with Crippen molar-refractivity contribution in [3.05, 3.63) is 59.7 Å². The summed E-state index contributed by atoms with van der Waals surface area (Å²) in [5.41, 5.74) is 2.24. The maximum Gasteiger partial charge on any atom is 0.121 e. The SMILES string of the molecule is COc1ccc(CC(C)(C)NCC(O)COc2ccccc2)cc1C. The third kappa shape index (κ3) is 6.40. The summed E-state index contributed by atoms with van der Waals surface area (Å²) in [5, 5.41) is 13.6. The van der Waals surface area contributed by atoms with E-state index in [0.717, 1.165) is 23.5 Å². The Morgan fingerprint density at radius 3 is 2.48 bits per heavy atom. The molecule has 0 heterocycles. The first-order chi connectivity index (χ1) is 11.9. The monoisotopic (exact) mass is 343 g/mol.